The first-order valence-electron chi connectivity index (χ1n) is 6.92. The molecule has 1 aromatic rings. The Morgan fingerprint density at radius 2 is 1.74 bits per heavy atom. The lowest BCUT2D eigenvalue weighted by Crippen LogP contribution is -2.35. The van der Waals surface area contributed by atoms with Gasteiger partial charge in [0, 0.05) is 0 Å². The minimum Gasteiger partial charge on any atom is -0.302 e. The van der Waals surface area contributed by atoms with Gasteiger partial charge in [0.2, 0.25) is 0 Å². The molecule has 4 heteroatoms. The van der Waals surface area contributed by atoms with Crippen LogP contribution in [0, 0.1) is 5.92 Å². The van der Waals surface area contributed by atoms with Gasteiger partial charge in [-0.05, 0) is 24.4 Å². The van der Waals surface area contributed by atoms with Crippen LogP contribution in [0.1, 0.15) is 43.7 Å². The monoisotopic (exact) mass is 271 g/mol. The molecule has 0 saturated heterocycles. The highest BCUT2D eigenvalue weighted by atomic mass is 19.4. The largest absolute Gasteiger partial charge is 0.407 e. The second-order valence-electron chi connectivity index (χ2n) is 5.28. The maximum absolute atomic E-state index is 13.0. The molecule has 0 aliphatic heterocycles. The number of hydrogen-bond acceptors (Lipinski definition) is 1. The highest BCUT2D eigenvalue weighted by molar-refractivity contribution is 5.20. The van der Waals surface area contributed by atoms with Gasteiger partial charge in [-0.25, -0.2) is 0 Å². The van der Waals surface area contributed by atoms with Gasteiger partial charge in [-0.15, -0.1) is 0 Å². The van der Waals surface area contributed by atoms with E-state index in [0.717, 1.165) is 6.42 Å². The van der Waals surface area contributed by atoms with Crippen LogP contribution in [0.2, 0.25) is 0 Å². The molecule has 0 bridgehead atoms. The van der Waals surface area contributed by atoms with E-state index < -0.39 is 12.2 Å². The minimum absolute atomic E-state index is 0.293. The minimum atomic E-state index is -4.24. The molecule has 1 atom stereocenters. The second kappa shape index (κ2) is 6.42. The molecule has 0 heterocycles. The van der Waals surface area contributed by atoms with Crippen LogP contribution < -0.4 is 5.32 Å². The smallest absolute Gasteiger partial charge is 0.302 e. The third kappa shape index (κ3) is 4.23. The Kier molecular flexibility index (Phi) is 4.86. The van der Waals surface area contributed by atoms with E-state index in [0.29, 0.717) is 18.0 Å². The molecule has 106 valence electrons. The zero-order chi connectivity index (χ0) is 13.7. The molecule has 1 N–H and O–H groups in total. The van der Waals surface area contributed by atoms with Crippen LogP contribution in [0.25, 0.3) is 0 Å². The van der Waals surface area contributed by atoms with E-state index in [9.17, 15) is 13.2 Å². The number of hydrogen-bond donors (Lipinski definition) is 1. The molecule has 1 aromatic carbocycles. The average Bonchev–Trinajstić information content (AvgIpc) is 2.87. The topological polar surface area (TPSA) is 12.0 Å². The SMILES string of the molecule is FC(F)(F)C(NCCC1CCCC1)c1ccccc1. The number of nitrogens with one attached hydrogen (secondary N) is 1. The fourth-order valence-electron chi connectivity index (χ4n) is 2.80. The first-order valence-corrected chi connectivity index (χ1v) is 6.92. The van der Waals surface area contributed by atoms with E-state index in [4.69, 9.17) is 0 Å². The Labute approximate surface area is 112 Å². The van der Waals surface area contributed by atoms with Gasteiger partial charge in [0.1, 0.15) is 6.04 Å². The summed E-state index contributed by atoms with van der Waals surface area (Å²) in [5.74, 6) is 0.608. The molecule has 1 fully saturated rings. The predicted molar refractivity (Wildman–Crippen MR) is 69.8 cm³/mol. The van der Waals surface area contributed by atoms with Crippen LogP contribution in [-0.4, -0.2) is 12.7 Å². The molecular weight excluding hydrogens is 251 g/mol. The van der Waals surface area contributed by atoms with Crippen LogP contribution in [-0.2, 0) is 0 Å². The quantitative estimate of drug-likeness (QED) is 0.833. The zero-order valence-corrected chi connectivity index (χ0v) is 10.9. The van der Waals surface area contributed by atoms with Crippen LogP contribution >= 0.6 is 0 Å². The van der Waals surface area contributed by atoms with Crippen molar-refractivity contribution in [3.8, 4) is 0 Å². The van der Waals surface area contributed by atoms with Gasteiger partial charge in [-0.3, -0.25) is 0 Å². The van der Waals surface area contributed by atoms with Crippen molar-refractivity contribution in [1.82, 2.24) is 5.32 Å². The van der Waals surface area contributed by atoms with Crippen LogP contribution in [0.4, 0.5) is 13.2 Å². The molecule has 0 spiro atoms. The molecule has 1 nitrogen and oxygen atoms in total. The fraction of sp³-hybridized carbons (Fsp3) is 0.600. The van der Waals surface area contributed by atoms with E-state index in [-0.39, 0.29) is 0 Å². The molecule has 0 amide bonds. The Morgan fingerprint density at radius 3 is 2.32 bits per heavy atom. The first kappa shape index (κ1) is 14.4. The molecule has 2 rings (SSSR count). The maximum Gasteiger partial charge on any atom is 0.407 e. The van der Waals surface area contributed by atoms with Crippen molar-refractivity contribution in [2.24, 2.45) is 5.92 Å². The van der Waals surface area contributed by atoms with Crippen LogP contribution in [0.15, 0.2) is 30.3 Å². The first-order chi connectivity index (χ1) is 9.07. The molecule has 1 saturated carbocycles. The molecule has 19 heavy (non-hydrogen) atoms. The normalized spacial score (nSPS) is 18.7. The standard InChI is InChI=1S/C15H20F3N/c16-15(17,18)14(13-8-2-1-3-9-13)19-11-10-12-6-4-5-7-12/h1-3,8-9,12,14,19H,4-7,10-11H2. The number of benzene rings is 1. The Morgan fingerprint density at radius 1 is 1.11 bits per heavy atom. The van der Waals surface area contributed by atoms with E-state index in [2.05, 4.69) is 5.32 Å². The maximum atomic E-state index is 13.0. The summed E-state index contributed by atoms with van der Waals surface area (Å²) in [7, 11) is 0. The summed E-state index contributed by atoms with van der Waals surface area (Å²) in [5.41, 5.74) is 0.293. The molecule has 1 aliphatic carbocycles. The van der Waals surface area contributed by atoms with Crippen molar-refractivity contribution in [3.05, 3.63) is 35.9 Å². The summed E-state index contributed by atoms with van der Waals surface area (Å²) >= 11 is 0. The number of rotatable bonds is 5. The second-order valence-corrected chi connectivity index (χ2v) is 5.28. The van der Waals surface area contributed by atoms with Gasteiger partial charge >= 0.3 is 6.18 Å². The number of alkyl halides is 3. The summed E-state index contributed by atoms with van der Waals surface area (Å²) < 4.78 is 39.1. The third-order valence-electron chi connectivity index (χ3n) is 3.84. The van der Waals surface area contributed by atoms with E-state index in [1.54, 1.807) is 18.2 Å². The van der Waals surface area contributed by atoms with E-state index in [1.807, 2.05) is 0 Å². The van der Waals surface area contributed by atoms with Crippen molar-refractivity contribution in [3.63, 3.8) is 0 Å². The summed E-state index contributed by atoms with van der Waals surface area (Å²) in [4.78, 5) is 0. The van der Waals surface area contributed by atoms with Gasteiger partial charge in [0.15, 0.2) is 0 Å². The Bertz CT molecular complexity index is 369. The highest BCUT2D eigenvalue weighted by Crippen LogP contribution is 2.33. The molecule has 0 aromatic heterocycles. The summed E-state index contributed by atoms with van der Waals surface area (Å²) in [5, 5.41) is 2.68. The lowest BCUT2D eigenvalue weighted by atomic mass is 10.0. The van der Waals surface area contributed by atoms with Crippen molar-refractivity contribution in [2.75, 3.05) is 6.54 Å². The van der Waals surface area contributed by atoms with Gasteiger partial charge in [-0.1, -0.05) is 56.0 Å². The Hall–Kier alpha value is -1.03. The van der Waals surface area contributed by atoms with Crippen molar-refractivity contribution < 1.29 is 13.2 Å². The third-order valence-corrected chi connectivity index (χ3v) is 3.84. The van der Waals surface area contributed by atoms with Crippen LogP contribution in [0.3, 0.4) is 0 Å². The zero-order valence-electron chi connectivity index (χ0n) is 10.9. The van der Waals surface area contributed by atoms with Crippen LogP contribution in [0.5, 0.6) is 0 Å². The lowest BCUT2D eigenvalue weighted by Gasteiger charge is -2.23. The molecule has 0 radical (unpaired) electrons. The van der Waals surface area contributed by atoms with Crippen molar-refractivity contribution in [1.29, 1.82) is 0 Å². The summed E-state index contributed by atoms with van der Waals surface area (Å²) in [6, 6.07) is 6.53. The predicted octanol–water partition coefficient (Wildman–Crippen LogP) is 4.46. The van der Waals surface area contributed by atoms with Gasteiger partial charge in [0.25, 0.3) is 0 Å². The van der Waals surface area contributed by atoms with Gasteiger partial charge in [-0.2, -0.15) is 13.2 Å². The number of halogens is 3. The van der Waals surface area contributed by atoms with E-state index >= 15 is 0 Å². The fourth-order valence-corrected chi connectivity index (χ4v) is 2.80. The summed E-state index contributed by atoms with van der Waals surface area (Å²) in [6.07, 6.45) is 1.40. The van der Waals surface area contributed by atoms with E-state index in [1.165, 1.54) is 37.8 Å². The molecule has 1 aliphatic rings. The van der Waals surface area contributed by atoms with Crippen molar-refractivity contribution in [2.45, 2.75) is 44.3 Å². The molecule has 1 unspecified atom stereocenters. The average molecular weight is 271 g/mol. The molecular formula is C15H20F3N. The van der Waals surface area contributed by atoms with Gasteiger partial charge < -0.3 is 5.32 Å². The Balaban J connectivity index is 1.91. The lowest BCUT2D eigenvalue weighted by molar-refractivity contribution is -0.157. The highest BCUT2D eigenvalue weighted by Gasteiger charge is 2.40. The van der Waals surface area contributed by atoms with Gasteiger partial charge in [0.05, 0.1) is 0 Å². The summed E-state index contributed by atoms with van der Waals surface area (Å²) in [6.45, 7) is 0.434. The van der Waals surface area contributed by atoms with Crippen molar-refractivity contribution >= 4 is 0 Å².